The molecule has 3 rings (SSSR count). The number of esters is 1. The molecule has 3 heteroatoms. The molecule has 0 atom stereocenters. The van der Waals surface area contributed by atoms with E-state index >= 15 is 0 Å². The summed E-state index contributed by atoms with van der Waals surface area (Å²) in [5, 5.41) is 0. The van der Waals surface area contributed by atoms with Crippen molar-refractivity contribution in [3.63, 3.8) is 0 Å². The van der Waals surface area contributed by atoms with Crippen molar-refractivity contribution >= 4 is 29.0 Å². The second kappa shape index (κ2) is 11.0. The van der Waals surface area contributed by atoms with E-state index in [1.54, 1.807) is 6.08 Å². The lowest BCUT2D eigenvalue weighted by molar-refractivity contribution is -0.134. The summed E-state index contributed by atoms with van der Waals surface area (Å²) < 4.78 is 4.66. The Bertz CT molecular complexity index is 1200. The summed E-state index contributed by atoms with van der Waals surface area (Å²) in [5.41, 5.74) is 8.14. The second-order valence-electron chi connectivity index (χ2n) is 7.77. The quantitative estimate of drug-likeness (QED) is 0.210. The van der Waals surface area contributed by atoms with Crippen LogP contribution in [0.1, 0.15) is 22.3 Å². The normalized spacial score (nSPS) is 11.0. The van der Waals surface area contributed by atoms with Gasteiger partial charge < -0.3 is 9.64 Å². The number of benzene rings is 3. The number of hydrogen-bond donors (Lipinski definition) is 0. The molecule has 0 aliphatic carbocycles. The van der Waals surface area contributed by atoms with E-state index in [4.69, 9.17) is 0 Å². The summed E-state index contributed by atoms with van der Waals surface area (Å²) in [4.78, 5) is 13.5. The number of rotatable bonds is 8. The fourth-order valence-electron chi connectivity index (χ4n) is 3.33. The van der Waals surface area contributed by atoms with E-state index < -0.39 is 0 Å². The van der Waals surface area contributed by atoms with Crippen LogP contribution in [0.3, 0.4) is 0 Å². The number of carbonyl (C=O) groups excluding carboxylic acids is 1. The van der Waals surface area contributed by atoms with Gasteiger partial charge in [-0.05, 0) is 78.1 Å². The smallest absolute Gasteiger partial charge is 0.330 e. The Kier molecular flexibility index (Phi) is 7.82. The molecule has 0 radical (unpaired) electrons. The lowest BCUT2D eigenvalue weighted by atomic mass is 10.1. The minimum Gasteiger partial charge on any atom is -0.466 e. The first kappa shape index (κ1) is 23.6. The fraction of sp³-hybridized carbons (Fsp3) is 0.100. The Balaban J connectivity index is 1.92. The Morgan fingerprint density at radius 3 is 2.12 bits per heavy atom. The molecule has 33 heavy (non-hydrogen) atoms. The van der Waals surface area contributed by atoms with Crippen LogP contribution in [0.15, 0.2) is 110 Å². The molecule has 0 bridgehead atoms. The number of anilines is 2. The molecular formula is C30H29NO2. The van der Waals surface area contributed by atoms with Crippen LogP contribution in [0.25, 0.3) is 11.6 Å². The number of ether oxygens (including phenoxy) is 1. The highest BCUT2D eigenvalue weighted by Gasteiger charge is 2.12. The number of allylic oxidation sites excluding steroid dienone is 3. The number of nitrogens with zero attached hydrogens (tertiary/aromatic N) is 1. The zero-order valence-electron chi connectivity index (χ0n) is 19.4. The Hall–Kier alpha value is -4.11. The highest BCUT2D eigenvalue weighted by molar-refractivity contribution is 5.87. The molecule has 0 aromatic heterocycles. The SMILES string of the molecule is C=C(/C=C\C(=C)N(c1ccc(/C=C/C(=O)OC)cc1)c1ccc(C)c(C)c1)c1ccccc1. The Labute approximate surface area is 196 Å². The molecule has 0 N–H and O–H groups in total. The first-order chi connectivity index (χ1) is 15.9. The highest BCUT2D eigenvalue weighted by atomic mass is 16.5. The molecule has 0 spiro atoms. The fourth-order valence-corrected chi connectivity index (χ4v) is 3.33. The molecule has 0 amide bonds. The first-order valence-electron chi connectivity index (χ1n) is 10.7. The van der Waals surface area contributed by atoms with E-state index in [0.29, 0.717) is 0 Å². The molecule has 0 saturated heterocycles. The van der Waals surface area contributed by atoms with Gasteiger partial charge >= 0.3 is 5.97 Å². The Morgan fingerprint density at radius 1 is 0.818 bits per heavy atom. The van der Waals surface area contributed by atoms with E-state index in [9.17, 15) is 4.79 Å². The van der Waals surface area contributed by atoms with Gasteiger partial charge in [-0.2, -0.15) is 0 Å². The van der Waals surface area contributed by atoms with Crippen LogP contribution in [-0.2, 0) is 9.53 Å². The largest absolute Gasteiger partial charge is 0.466 e. The number of hydrogen-bond acceptors (Lipinski definition) is 3. The van der Waals surface area contributed by atoms with Crippen molar-refractivity contribution in [2.24, 2.45) is 0 Å². The molecule has 3 aromatic carbocycles. The lowest BCUT2D eigenvalue weighted by Gasteiger charge is -2.26. The minimum atomic E-state index is -0.381. The van der Waals surface area contributed by atoms with Crippen LogP contribution in [0.2, 0.25) is 0 Å². The van der Waals surface area contributed by atoms with Gasteiger partial charge in [0.25, 0.3) is 0 Å². The standard InChI is InChI=1S/C30H29NO2/c1-22-12-17-29(21-24(22)3)31(25(4)13-11-23(2)27-9-7-6-8-10-27)28-18-14-26(15-19-28)16-20-30(32)33-5/h6-21H,2,4H2,1,3,5H3/b13-11-,20-16+. The summed E-state index contributed by atoms with van der Waals surface area (Å²) >= 11 is 0. The zero-order chi connectivity index (χ0) is 23.8. The highest BCUT2D eigenvalue weighted by Crippen LogP contribution is 2.32. The molecule has 0 unspecified atom stereocenters. The van der Waals surface area contributed by atoms with Crippen molar-refractivity contribution in [3.05, 3.63) is 132 Å². The molecular weight excluding hydrogens is 406 g/mol. The van der Waals surface area contributed by atoms with Gasteiger partial charge in [-0.25, -0.2) is 4.79 Å². The van der Waals surface area contributed by atoms with Crippen LogP contribution in [0.5, 0.6) is 0 Å². The molecule has 166 valence electrons. The van der Waals surface area contributed by atoms with Crippen LogP contribution in [-0.4, -0.2) is 13.1 Å². The van der Waals surface area contributed by atoms with Crippen molar-refractivity contribution in [2.45, 2.75) is 13.8 Å². The second-order valence-corrected chi connectivity index (χ2v) is 7.77. The summed E-state index contributed by atoms with van der Waals surface area (Å²) in [7, 11) is 1.36. The van der Waals surface area contributed by atoms with Crippen molar-refractivity contribution < 1.29 is 9.53 Å². The molecule has 0 fully saturated rings. The maximum absolute atomic E-state index is 11.4. The average Bonchev–Trinajstić information content (AvgIpc) is 2.84. The molecule has 0 heterocycles. The minimum absolute atomic E-state index is 0.381. The van der Waals surface area contributed by atoms with E-state index in [-0.39, 0.29) is 5.97 Å². The maximum atomic E-state index is 11.4. The van der Waals surface area contributed by atoms with Gasteiger partial charge in [0, 0.05) is 23.1 Å². The van der Waals surface area contributed by atoms with Crippen LogP contribution in [0, 0.1) is 13.8 Å². The first-order valence-corrected chi connectivity index (χ1v) is 10.7. The monoisotopic (exact) mass is 435 g/mol. The lowest BCUT2D eigenvalue weighted by Crippen LogP contribution is -2.14. The van der Waals surface area contributed by atoms with Gasteiger partial charge in [-0.1, -0.05) is 67.8 Å². The van der Waals surface area contributed by atoms with Crippen LogP contribution >= 0.6 is 0 Å². The summed E-state index contributed by atoms with van der Waals surface area (Å²) in [6, 6.07) is 24.4. The number of carbonyl (C=O) groups is 1. The third kappa shape index (κ3) is 6.20. The van der Waals surface area contributed by atoms with E-state index in [0.717, 1.165) is 33.8 Å². The van der Waals surface area contributed by atoms with Crippen molar-refractivity contribution in [1.29, 1.82) is 0 Å². The third-order valence-electron chi connectivity index (χ3n) is 5.42. The van der Waals surface area contributed by atoms with Gasteiger partial charge in [0.2, 0.25) is 0 Å². The molecule has 3 aromatic rings. The third-order valence-corrected chi connectivity index (χ3v) is 5.42. The van der Waals surface area contributed by atoms with E-state index in [2.05, 4.69) is 54.8 Å². The van der Waals surface area contributed by atoms with E-state index in [1.807, 2.05) is 66.7 Å². The predicted octanol–water partition coefficient (Wildman–Crippen LogP) is 7.41. The summed E-state index contributed by atoms with van der Waals surface area (Å²) in [5.74, 6) is -0.381. The number of aryl methyl sites for hydroxylation is 2. The van der Waals surface area contributed by atoms with Gasteiger partial charge in [0.1, 0.15) is 0 Å². The Morgan fingerprint density at radius 2 is 1.48 bits per heavy atom. The van der Waals surface area contributed by atoms with E-state index in [1.165, 1.54) is 24.3 Å². The molecule has 0 aliphatic heterocycles. The van der Waals surface area contributed by atoms with Gasteiger partial charge in [-0.15, -0.1) is 0 Å². The van der Waals surface area contributed by atoms with Crippen LogP contribution < -0.4 is 4.90 Å². The van der Waals surface area contributed by atoms with Crippen molar-refractivity contribution in [2.75, 3.05) is 12.0 Å². The predicted molar refractivity (Wildman–Crippen MR) is 139 cm³/mol. The summed E-state index contributed by atoms with van der Waals surface area (Å²) in [6.45, 7) is 12.7. The van der Waals surface area contributed by atoms with Gasteiger partial charge in [-0.3, -0.25) is 0 Å². The molecule has 0 saturated carbocycles. The van der Waals surface area contributed by atoms with Crippen molar-refractivity contribution in [3.8, 4) is 0 Å². The number of methoxy groups -OCH3 is 1. The molecule has 3 nitrogen and oxygen atoms in total. The van der Waals surface area contributed by atoms with Crippen molar-refractivity contribution in [1.82, 2.24) is 0 Å². The maximum Gasteiger partial charge on any atom is 0.330 e. The zero-order valence-corrected chi connectivity index (χ0v) is 19.4. The van der Waals surface area contributed by atoms with Gasteiger partial charge in [0.15, 0.2) is 0 Å². The summed E-state index contributed by atoms with van der Waals surface area (Å²) in [6.07, 6.45) is 7.11. The molecule has 0 aliphatic rings. The topological polar surface area (TPSA) is 29.5 Å². The van der Waals surface area contributed by atoms with Crippen LogP contribution in [0.4, 0.5) is 11.4 Å². The van der Waals surface area contributed by atoms with Gasteiger partial charge in [0.05, 0.1) is 7.11 Å². The average molecular weight is 436 g/mol.